The van der Waals surface area contributed by atoms with E-state index in [4.69, 9.17) is 34.8 Å². The Labute approximate surface area is 139 Å². The number of halogens is 6. The first-order valence-electron chi connectivity index (χ1n) is 5.90. The van der Waals surface area contributed by atoms with Gasteiger partial charge in [-0.15, -0.1) is 0 Å². The Hall–Kier alpha value is -1.43. The maximum Gasteiger partial charge on any atom is 0.417 e. The molecule has 0 aliphatic carbocycles. The van der Waals surface area contributed by atoms with Crippen molar-refractivity contribution in [1.29, 1.82) is 0 Å². The van der Waals surface area contributed by atoms with Gasteiger partial charge in [0.2, 0.25) is 0 Å². The number of nitrogens with zero attached hydrogens (tertiary/aromatic N) is 1. The zero-order chi connectivity index (χ0) is 16.3. The highest BCUT2D eigenvalue weighted by molar-refractivity contribution is 6.69. The topological polar surface area (TPSA) is 24.4 Å². The molecule has 2 nitrogen and oxygen atoms in total. The summed E-state index contributed by atoms with van der Waals surface area (Å²) in [5, 5.41) is 3.41. The quantitative estimate of drug-likeness (QED) is 0.520. The molecule has 2 aromatic carbocycles. The van der Waals surface area contributed by atoms with Crippen LogP contribution in [0.15, 0.2) is 47.6 Å². The van der Waals surface area contributed by atoms with E-state index in [0.29, 0.717) is 5.56 Å². The third-order valence-electron chi connectivity index (χ3n) is 2.65. The van der Waals surface area contributed by atoms with E-state index in [2.05, 4.69) is 10.5 Å². The number of anilines is 1. The zero-order valence-electron chi connectivity index (χ0n) is 10.8. The van der Waals surface area contributed by atoms with Crippen LogP contribution in [0.4, 0.5) is 18.9 Å². The number of rotatable bonds is 3. The van der Waals surface area contributed by atoms with Crippen molar-refractivity contribution in [2.45, 2.75) is 6.18 Å². The van der Waals surface area contributed by atoms with Gasteiger partial charge >= 0.3 is 6.18 Å². The van der Waals surface area contributed by atoms with Crippen LogP contribution in [0, 0.1) is 0 Å². The van der Waals surface area contributed by atoms with Crippen LogP contribution in [0.2, 0.25) is 10.0 Å². The molecule has 0 amide bonds. The van der Waals surface area contributed by atoms with Crippen molar-refractivity contribution in [3.8, 4) is 0 Å². The van der Waals surface area contributed by atoms with E-state index in [1.165, 1.54) is 0 Å². The Morgan fingerprint density at radius 3 is 2.23 bits per heavy atom. The molecule has 8 heteroatoms. The summed E-state index contributed by atoms with van der Waals surface area (Å²) < 4.78 is 38.4. The number of hydrazone groups is 1. The average molecular weight is 368 g/mol. The number of benzene rings is 2. The zero-order valence-corrected chi connectivity index (χ0v) is 13.0. The van der Waals surface area contributed by atoms with E-state index in [-0.39, 0.29) is 15.9 Å². The van der Waals surface area contributed by atoms with Gasteiger partial charge in [0.1, 0.15) is 0 Å². The molecule has 0 aliphatic heterocycles. The lowest BCUT2D eigenvalue weighted by atomic mass is 10.2. The van der Waals surface area contributed by atoms with Crippen molar-refractivity contribution in [2.75, 3.05) is 5.43 Å². The average Bonchev–Trinajstić information content (AvgIpc) is 2.45. The van der Waals surface area contributed by atoms with Crippen LogP contribution in [0.5, 0.6) is 0 Å². The molecule has 0 bridgehead atoms. The molecule has 0 aliphatic rings. The minimum absolute atomic E-state index is 0.000668. The van der Waals surface area contributed by atoms with Gasteiger partial charge in [0, 0.05) is 5.56 Å². The second-order valence-corrected chi connectivity index (χ2v) is 5.36. The minimum atomic E-state index is -4.59. The summed E-state index contributed by atoms with van der Waals surface area (Å²) in [7, 11) is 0. The molecule has 1 N–H and O–H groups in total. The first-order chi connectivity index (χ1) is 10.3. The molecule has 2 aromatic rings. The summed E-state index contributed by atoms with van der Waals surface area (Å²) in [4.78, 5) is 0. The lowest BCUT2D eigenvalue weighted by Gasteiger charge is -2.12. The van der Waals surface area contributed by atoms with Gasteiger partial charge in [-0.1, -0.05) is 65.1 Å². The number of hydrogen-bond donors (Lipinski definition) is 1. The van der Waals surface area contributed by atoms with Crippen molar-refractivity contribution in [2.24, 2.45) is 5.10 Å². The molecular formula is C14H8Cl3F3N2. The van der Waals surface area contributed by atoms with E-state index in [9.17, 15) is 13.2 Å². The van der Waals surface area contributed by atoms with Crippen molar-refractivity contribution in [3.05, 3.63) is 63.6 Å². The predicted octanol–water partition coefficient (Wildman–Crippen LogP) is 6.02. The molecule has 0 unspecified atom stereocenters. The highest BCUT2D eigenvalue weighted by Gasteiger charge is 2.34. The van der Waals surface area contributed by atoms with E-state index in [1.54, 1.807) is 30.3 Å². The summed E-state index contributed by atoms with van der Waals surface area (Å²) >= 11 is 17.4. The highest BCUT2D eigenvalue weighted by Crippen LogP contribution is 2.39. The largest absolute Gasteiger partial charge is 0.417 e. The van der Waals surface area contributed by atoms with Gasteiger partial charge in [-0.2, -0.15) is 18.3 Å². The van der Waals surface area contributed by atoms with Crippen molar-refractivity contribution in [3.63, 3.8) is 0 Å². The van der Waals surface area contributed by atoms with Crippen molar-refractivity contribution < 1.29 is 13.2 Å². The molecular weight excluding hydrogens is 360 g/mol. The summed E-state index contributed by atoms with van der Waals surface area (Å²) in [6.45, 7) is 0. The molecule has 22 heavy (non-hydrogen) atoms. The molecule has 0 saturated heterocycles. The highest BCUT2D eigenvalue weighted by atomic mass is 35.5. The molecule has 0 fully saturated rings. The monoisotopic (exact) mass is 366 g/mol. The van der Waals surface area contributed by atoms with E-state index < -0.39 is 16.8 Å². The van der Waals surface area contributed by atoms with Crippen LogP contribution in [-0.4, -0.2) is 5.17 Å². The summed E-state index contributed by atoms with van der Waals surface area (Å²) in [5.41, 5.74) is 1.97. The molecule has 0 aromatic heterocycles. The Balaban J connectivity index is 2.30. The third kappa shape index (κ3) is 4.06. The second-order valence-electron chi connectivity index (χ2n) is 4.19. The van der Waals surface area contributed by atoms with Crippen LogP contribution in [0.1, 0.15) is 11.1 Å². The molecule has 2 rings (SSSR count). The van der Waals surface area contributed by atoms with Crippen molar-refractivity contribution >= 4 is 45.7 Å². The van der Waals surface area contributed by atoms with Gasteiger partial charge in [-0.3, -0.25) is 5.43 Å². The molecule has 0 radical (unpaired) electrons. The molecule has 0 atom stereocenters. The van der Waals surface area contributed by atoms with Gasteiger partial charge < -0.3 is 0 Å². The third-order valence-corrected chi connectivity index (χ3v) is 3.58. The van der Waals surface area contributed by atoms with Gasteiger partial charge in [-0.25, -0.2) is 0 Å². The summed E-state index contributed by atoms with van der Waals surface area (Å²) in [6.07, 6.45) is -4.59. The smallest absolute Gasteiger partial charge is 0.276 e. The number of hydrogen-bond acceptors (Lipinski definition) is 2. The first-order valence-corrected chi connectivity index (χ1v) is 7.03. The fourth-order valence-electron chi connectivity index (χ4n) is 1.60. The molecule has 116 valence electrons. The standard InChI is InChI=1S/C14H8Cl3F3N2/c15-10-7-11(16)12(6-9(10)14(18,19)20)21-22-13(17)8-4-2-1-3-5-8/h1-7,21H. The van der Waals surface area contributed by atoms with Crippen LogP contribution >= 0.6 is 34.8 Å². The van der Waals surface area contributed by atoms with Gasteiger partial charge in [0.25, 0.3) is 0 Å². The van der Waals surface area contributed by atoms with Gasteiger partial charge in [-0.05, 0) is 12.1 Å². The SMILES string of the molecule is FC(F)(F)c1cc(NN=C(Cl)c2ccccc2)c(Cl)cc1Cl. The Morgan fingerprint density at radius 1 is 1.00 bits per heavy atom. The van der Waals surface area contributed by atoms with Gasteiger partial charge in [0.15, 0.2) is 5.17 Å². The fourth-order valence-corrected chi connectivity index (χ4v) is 2.30. The first kappa shape index (κ1) is 16.9. The second kappa shape index (κ2) is 6.77. The lowest BCUT2D eigenvalue weighted by molar-refractivity contribution is -0.137. The van der Waals surface area contributed by atoms with Crippen LogP contribution in [0.25, 0.3) is 0 Å². The Morgan fingerprint density at radius 2 is 1.64 bits per heavy atom. The summed E-state index contributed by atoms with van der Waals surface area (Å²) in [6, 6.07) is 10.5. The number of alkyl halides is 3. The van der Waals surface area contributed by atoms with Crippen LogP contribution < -0.4 is 5.43 Å². The molecule has 0 saturated carbocycles. The molecule has 0 heterocycles. The fraction of sp³-hybridized carbons (Fsp3) is 0.0714. The van der Waals surface area contributed by atoms with Crippen LogP contribution in [0.3, 0.4) is 0 Å². The maximum absolute atomic E-state index is 12.8. The molecule has 0 spiro atoms. The van der Waals surface area contributed by atoms with E-state index >= 15 is 0 Å². The Kier molecular flexibility index (Phi) is 5.21. The summed E-state index contributed by atoms with van der Waals surface area (Å²) in [5.74, 6) is 0. The van der Waals surface area contributed by atoms with Crippen LogP contribution in [-0.2, 0) is 6.18 Å². The normalized spacial score (nSPS) is 12.4. The maximum atomic E-state index is 12.8. The Bertz CT molecular complexity index is 700. The van der Waals surface area contributed by atoms with Crippen molar-refractivity contribution in [1.82, 2.24) is 0 Å². The lowest BCUT2D eigenvalue weighted by Crippen LogP contribution is -2.07. The predicted molar refractivity (Wildman–Crippen MR) is 83.9 cm³/mol. The van der Waals surface area contributed by atoms with E-state index in [0.717, 1.165) is 12.1 Å². The van der Waals surface area contributed by atoms with E-state index in [1.807, 2.05) is 0 Å². The van der Waals surface area contributed by atoms with Gasteiger partial charge in [0.05, 0.1) is 21.3 Å². The number of nitrogens with one attached hydrogen (secondary N) is 1. The minimum Gasteiger partial charge on any atom is -0.276 e.